The standard InChI is InChI=1S/C12H16F2N2O/c1-7(2)8(3)16-12(17)9-4-5-15-10(6-9)11(13)14/h4-8,11H,1-3H3,(H,16,17). The third-order valence-corrected chi connectivity index (χ3v) is 2.63. The van der Waals surface area contributed by atoms with Crippen molar-refractivity contribution in [3.05, 3.63) is 29.6 Å². The van der Waals surface area contributed by atoms with Gasteiger partial charge < -0.3 is 5.32 Å². The predicted molar refractivity (Wildman–Crippen MR) is 61.0 cm³/mol. The molecule has 0 saturated carbocycles. The molecule has 5 heteroatoms. The van der Waals surface area contributed by atoms with Crippen LogP contribution in [0.2, 0.25) is 0 Å². The summed E-state index contributed by atoms with van der Waals surface area (Å²) < 4.78 is 24.8. The second-order valence-corrected chi connectivity index (χ2v) is 4.28. The molecule has 1 heterocycles. The number of rotatable bonds is 4. The number of hydrogen-bond donors (Lipinski definition) is 1. The molecule has 1 amide bonds. The summed E-state index contributed by atoms with van der Waals surface area (Å²) in [6, 6.07) is 2.53. The van der Waals surface area contributed by atoms with Gasteiger partial charge in [0.2, 0.25) is 0 Å². The second-order valence-electron chi connectivity index (χ2n) is 4.28. The van der Waals surface area contributed by atoms with E-state index in [4.69, 9.17) is 0 Å². The molecule has 0 aliphatic heterocycles. The summed E-state index contributed by atoms with van der Waals surface area (Å²) in [7, 11) is 0. The van der Waals surface area contributed by atoms with Crippen LogP contribution in [0.15, 0.2) is 18.3 Å². The van der Waals surface area contributed by atoms with E-state index in [2.05, 4.69) is 10.3 Å². The number of carbonyl (C=O) groups is 1. The lowest BCUT2D eigenvalue weighted by Crippen LogP contribution is -2.36. The summed E-state index contributed by atoms with van der Waals surface area (Å²) in [5, 5.41) is 2.75. The zero-order chi connectivity index (χ0) is 13.0. The van der Waals surface area contributed by atoms with E-state index in [1.807, 2.05) is 20.8 Å². The molecule has 0 bridgehead atoms. The highest BCUT2D eigenvalue weighted by Gasteiger charge is 2.15. The van der Waals surface area contributed by atoms with Crippen LogP contribution in [-0.4, -0.2) is 16.9 Å². The lowest BCUT2D eigenvalue weighted by molar-refractivity contribution is 0.0929. The van der Waals surface area contributed by atoms with Gasteiger partial charge >= 0.3 is 0 Å². The predicted octanol–water partition coefficient (Wildman–Crippen LogP) is 2.79. The first-order chi connectivity index (χ1) is 7.91. The summed E-state index contributed by atoms with van der Waals surface area (Å²) in [4.78, 5) is 15.3. The quantitative estimate of drug-likeness (QED) is 0.882. The van der Waals surface area contributed by atoms with Crippen molar-refractivity contribution in [3.63, 3.8) is 0 Å². The van der Waals surface area contributed by atoms with Crippen LogP contribution in [0.3, 0.4) is 0 Å². The highest BCUT2D eigenvalue weighted by molar-refractivity contribution is 5.94. The van der Waals surface area contributed by atoms with Crippen molar-refractivity contribution in [2.75, 3.05) is 0 Å². The third-order valence-electron chi connectivity index (χ3n) is 2.63. The number of amides is 1. The Labute approximate surface area is 99.2 Å². The molecule has 1 N–H and O–H groups in total. The Morgan fingerprint density at radius 3 is 2.53 bits per heavy atom. The summed E-state index contributed by atoms with van der Waals surface area (Å²) >= 11 is 0. The number of nitrogens with zero attached hydrogens (tertiary/aromatic N) is 1. The average molecular weight is 242 g/mol. The van der Waals surface area contributed by atoms with Crippen molar-refractivity contribution >= 4 is 5.91 Å². The van der Waals surface area contributed by atoms with Crippen LogP contribution in [0, 0.1) is 5.92 Å². The molecule has 0 spiro atoms. The number of alkyl halides is 2. The van der Waals surface area contributed by atoms with Crippen LogP contribution in [0.25, 0.3) is 0 Å². The van der Waals surface area contributed by atoms with E-state index in [1.165, 1.54) is 12.3 Å². The van der Waals surface area contributed by atoms with Crippen molar-refractivity contribution < 1.29 is 13.6 Å². The van der Waals surface area contributed by atoms with Crippen molar-refractivity contribution in [2.24, 2.45) is 5.92 Å². The van der Waals surface area contributed by atoms with Gasteiger partial charge in [-0.25, -0.2) is 8.78 Å². The van der Waals surface area contributed by atoms with Gasteiger partial charge in [-0.2, -0.15) is 0 Å². The van der Waals surface area contributed by atoms with Gasteiger partial charge in [0.15, 0.2) is 0 Å². The largest absolute Gasteiger partial charge is 0.349 e. The first-order valence-corrected chi connectivity index (χ1v) is 5.46. The number of carbonyl (C=O) groups excluding carboxylic acids is 1. The van der Waals surface area contributed by atoms with Crippen LogP contribution < -0.4 is 5.32 Å². The zero-order valence-electron chi connectivity index (χ0n) is 10.1. The van der Waals surface area contributed by atoms with Crippen molar-refractivity contribution in [1.82, 2.24) is 10.3 Å². The maximum absolute atomic E-state index is 12.4. The number of hydrogen-bond acceptors (Lipinski definition) is 2. The highest BCUT2D eigenvalue weighted by Crippen LogP contribution is 2.16. The van der Waals surface area contributed by atoms with E-state index < -0.39 is 6.43 Å². The Kier molecular flexibility index (Phi) is 4.54. The van der Waals surface area contributed by atoms with Gasteiger partial charge in [-0.05, 0) is 25.0 Å². The van der Waals surface area contributed by atoms with Gasteiger partial charge in [0.05, 0.1) is 0 Å². The molecule has 17 heavy (non-hydrogen) atoms. The number of halogens is 2. The van der Waals surface area contributed by atoms with Crippen molar-refractivity contribution in [1.29, 1.82) is 0 Å². The molecule has 0 aromatic carbocycles. The fourth-order valence-electron chi connectivity index (χ4n) is 1.17. The minimum absolute atomic E-state index is 0.00864. The minimum atomic E-state index is -2.66. The van der Waals surface area contributed by atoms with E-state index in [-0.39, 0.29) is 29.1 Å². The molecule has 0 aliphatic carbocycles. The zero-order valence-corrected chi connectivity index (χ0v) is 10.1. The Bertz CT molecular complexity index is 394. The SMILES string of the molecule is CC(C)C(C)NC(=O)c1ccnc(C(F)F)c1. The van der Waals surface area contributed by atoms with Gasteiger partial charge in [0.1, 0.15) is 5.69 Å². The van der Waals surface area contributed by atoms with Crippen LogP contribution in [-0.2, 0) is 0 Å². The topological polar surface area (TPSA) is 42.0 Å². The molecule has 1 atom stereocenters. The number of nitrogens with one attached hydrogen (secondary N) is 1. The number of aromatic nitrogens is 1. The monoisotopic (exact) mass is 242 g/mol. The molecule has 0 fully saturated rings. The Hall–Kier alpha value is -1.52. The molecule has 1 aromatic heterocycles. The molecule has 0 saturated heterocycles. The lowest BCUT2D eigenvalue weighted by atomic mass is 10.1. The smallest absolute Gasteiger partial charge is 0.280 e. The molecule has 1 unspecified atom stereocenters. The first-order valence-electron chi connectivity index (χ1n) is 5.46. The fourth-order valence-corrected chi connectivity index (χ4v) is 1.17. The molecule has 3 nitrogen and oxygen atoms in total. The summed E-state index contributed by atoms with van der Waals surface area (Å²) in [6.07, 6.45) is -1.44. The molecular weight excluding hydrogens is 226 g/mol. The summed E-state index contributed by atoms with van der Waals surface area (Å²) in [6.45, 7) is 5.82. The minimum Gasteiger partial charge on any atom is -0.349 e. The summed E-state index contributed by atoms with van der Waals surface area (Å²) in [5.41, 5.74) is -0.169. The van der Waals surface area contributed by atoms with Crippen LogP contribution in [0.5, 0.6) is 0 Å². The Morgan fingerprint density at radius 2 is 2.00 bits per heavy atom. The van der Waals surface area contributed by atoms with E-state index in [0.717, 1.165) is 6.07 Å². The maximum atomic E-state index is 12.4. The maximum Gasteiger partial charge on any atom is 0.280 e. The van der Waals surface area contributed by atoms with Gasteiger partial charge in [-0.15, -0.1) is 0 Å². The van der Waals surface area contributed by atoms with Crippen LogP contribution in [0.1, 0.15) is 43.2 Å². The van der Waals surface area contributed by atoms with Gasteiger partial charge in [0, 0.05) is 17.8 Å². The molecular formula is C12H16F2N2O. The van der Waals surface area contributed by atoms with Crippen molar-refractivity contribution in [3.8, 4) is 0 Å². The first kappa shape index (κ1) is 13.5. The molecule has 1 rings (SSSR count). The van der Waals surface area contributed by atoms with Crippen LogP contribution in [0.4, 0.5) is 8.78 Å². The van der Waals surface area contributed by atoms with Gasteiger partial charge in [0.25, 0.3) is 12.3 Å². The fraction of sp³-hybridized carbons (Fsp3) is 0.500. The van der Waals surface area contributed by atoms with Gasteiger partial charge in [-0.3, -0.25) is 9.78 Å². The average Bonchev–Trinajstić information content (AvgIpc) is 2.28. The van der Waals surface area contributed by atoms with E-state index in [9.17, 15) is 13.6 Å². The third kappa shape index (κ3) is 3.76. The molecule has 0 aliphatic rings. The highest BCUT2D eigenvalue weighted by atomic mass is 19.3. The number of pyridine rings is 1. The summed E-state index contributed by atoms with van der Waals surface area (Å²) in [5.74, 6) is -0.0640. The second kappa shape index (κ2) is 5.70. The molecule has 1 aromatic rings. The van der Waals surface area contributed by atoms with Crippen molar-refractivity contribution in [2.45, 2.75) is 33.2 Å². The Morgan fingerprint density at radius 1 is 1.35 bits per heavy atom. The van der Waals surface area contributed by atoms with E-state index in [0.29, 0.717) is 0 Å². The normalized spacial score (nSPS) is 12.9. The van der Waals surface area contributed by atoms with Crippen LogP contribution >= 0.6 is 0 Å². The Balaban J connectivity index is 2.79. The van der Waals surface area contributed by atoms with E-state index in [1.54, 1.807) is 0 Å². The lowest BCUT2D eigenvalue weighted by Gasteiger charge is -2.17. The van der Waals surface area contributed by atoms with Gasteiger partial charge in [-0.1, -0.05) is 13.8 Å². The van der Waals surface area contributed by atoms with E-state index >= 15 is 0 Å². The molecule has 0 radical (unpaired) electrons. The molecule has 94 valence electrons.